The van der Waals surface area contributed by atoms with Gasteiger partial charge in [-0.05, 0) is 12.1 Å². The molecule has 0 aromatic heterocycles. The molecule has 1 aliphatic rings. The molecule has 116 valence electrons. The maximum atomic E-state index is 12.6. The number of ketones is 3. The van der Waals surface area contributed by atoms with Gasteiger partial charge in [0.05, 0.1) is 14.2 Å². The quantitative estimate of drug-likeness (QED) is 0.641. The molecule has 5 heteroatoms. The van der Waals surface area contributed by atoms with Crippen LogP contribution in [0.25, 0.3) is 0 Å². The van der Waals surface area contributed by atoms with E-state index in [2.05, 4.69) is 0 Å². The minimum absolute atomic E-state index is 0.196. The Labute approximate surface area is 132 Å². The lowest BCUT2D eigenvalue weighted by molar-refractivity contribution is 0.0756. The number of Topliss-reactive ketones (excluding diaryl/α,β-unsaturated/α-hetero) is 3. The molecule has 2 aromatic carbocycles. The summed E-state index contributed by atoms with van der Waals surface area (Å²) < 4.78 is 10.3. The molecule has 23 heavy (non-hydrogen) atoms. The second-order valence-corrected chi connectivity index (χ2v) is 5.14. The molecule has 2 aromatic rings. The Hall–Kier alpha value is -2.95. The topological polar surface area (TPSA) is 69.7 Å². The highest BCUT2D eigenvalue weighted by Gasteiger charge is 2.44. The molecular formula is C18H14O5. The number of methoxy groups -OCH3 is 2. The van der Waals surface area contributed by atoms with Crippen molar-refractivity contribution in [1.82, 2.24) is 0 Å². The Morgan fingerprint density at radius 1 is 0.870 bits per heavy atom. The summed E-state index contributed by atoms with van der Waals surface area (Å²) in [6, 6.07) is 11.2. The van der Waals surface area contributed by atoms with Gasteiger partial charge in [0, 0.05) is 16.7 Å². The summed E-state index contributed by atoms with van der Waals surface area (Å²) in [6.07, 6.45) is 0. The van der Waals surface area contributed by atoms with Gasteiger partial charge >= 0.3 is 0 Å². The average Bonchev–Trinajstić information content (AvgIpc) is 2.84. The summed E-state index contributed by atoms with van der Waals surface area (Å²) in [7, 11) is 2.89. The molecule has 1 aliphatic carbocycles. The third kappa shape index (κ3) is 2.30. The number of ether oxygens (including phenoxy) is 2. The van der Waals surface area contributed by atoms with Crippen LogP contribution >= 0.6 is 0 Å². The molecule has 0 atom stereocenters. The van der Waals surface area contributed by atoms with Crippen molar-refractivity contribution in [2.75, 3.05) is 14.2 Å². The van der Waals surface area contributed by atoms with Gasteiger partial charge in [0.2, 0.25) is 0 Å². The van der Waals surface area contributed by atoms with E-state index < -0.39 is 23.3 Å². The van der Waals surface area contributed by atoms with Crippen LogP contribution in [-0.4, -0.2) is 31.6 Å². The summed E-state index contributed by atoms with van der Waals surface area (Å²) in [5.41, 5.74) is 0.731. The van der Waals surface area contributed by atoms with E-state index in [9.17, 15) is 14.4 Å². The van der Waals surface area contributed by atoms with E-state index in [1.54, 1.807) is 30.3 Å². The standard InChI is InChI=1S/C18H14O5/c1-22-13-8-11-12(9-14(13)23-2)18(21)15(17(11)20)16(19)10-6-4-3-5-7-10/h3-9,15H,1-2H3. The van der Waals surface area contributed by atoms with E-state index in [-0.39, 0.29) is 11.1 Å². The normalized spacial score (nSPS) is 13.8. The Balaban J connectivity index is 2.06. The number of hydrogen-bond donors (Lipinski definition) is 0. The molecule has 0 amide bonds. The molecular weight excluding hydrogens is 296 g/mol. The van der Waals surface area contributed by atoms with Crippen molar-refractivity contribution in [3.63, 3.8) is 0 Å². The first-order chi connectivity index (χ1) is 11.1. The molecule has 0 fully saturated rings. The number of rotatable bonds is 4. The molecule has 0 aliphatic heterocycles. The van der Waals surface area contributed by atoms with Gasteiger partial charge in [-0.25, -0.2) is 0 Å². The number of carbonyl (C=O) groups excluding carboxylic acids is 3. The van der Waals surface area contributed by atoms with Gasteiger partial charge in [-0.2, -0.15) is 0 Å². The highest BCUT2D eigenvalue weighted by Crippen LogP contribution is 2.37. The maximum Gasteiger partial charge on any atom is 0.182 e. The predicted octanol–water partition coefficient (Wildman–Crippen LogP) is 2.58. The molecule has 3 rings (SSSR count). The number of carbonyl (C=O) groups is 3. The zero-order valence-electron chi connectivity index (χ0n) is 12.7. The van der Waals surface area contributed by atoms with Gasteiger partial charge in [-0.15, -0.1) is 0 Å². The lowest BCUT2D eigenvalue weighted by Gasteiger charge is -2.08. The van der Waals surface area contributed by atoms with Gasteiger partial charge in [0.25, 0.3) is 0 Å². The summed E-state index contributed by atoms with van der Waals surface area (Å²) in [5.74, 6) is -2.13. The minimum atomic E-state index is -1.33. The molecule has 0 saturated heterocycles. The van der Waals surface area contributed by atoms with E-state index in [0.717, 1.165) is 0 Å². The van der Waals surface area contributed by atoms with Gasteiger partial charge in [0.15, 0.2) is 28.8 Å². The van der Waals surface area contributed by atoms with Crippen molar-refractivity contribution in [2.24, 2.45) is 5.92 Å². The first-order valence-corrected chi connectivity index (χ1v) is 7.02. The van der Waals surface area contributed by atoms with Crippen molar-refractivity contribution in [1.29, 1.82) is 0 Å². The lowest BCUT2D eigenvalue weighted by atomic mass is 9.93. The summed E-state index contributed by atoms with van der Waals surface area (Å²) in [4.78, 5) is 37.6. The van der Waals surface area contributed by atoms with E-state index in [1.165, 1.54) is 26.4 Å². The van der Waals surface area contributed by atoms with Crippen molar-refractivity contribution in [2.45, 2.75) is 0 Å². The van der Waals surface area contributed by atoms with Crippen LogP contribution in [0, 0.1) is 5.92 Å². The van der Waals surface area contributed by atoms with Crippen molar-refractivity contribution < 1.29 is 23.9 Å². The highest BCUT2D eigenvalue weighted by molar-refractivity contribution is 6.38. The zero-order chi connectivity index (χ0) is 16.6. The third-order valence-electron chi connectivity index (χ3n) is 3.90. The molecule has 0 unspecified atom stereocenters. The van der Waals surface area contributed by atoms with Crippen LogP contribution in [-0.2, 0) is 0 Å². The van der Waals surface area contributed by atoms with Crippen LogP contribution < -0.4 is 9.47 Å². The van der Waals surface area contributed by atoms with E-state index >= 15 is 0 Å². The van der Waals surface area contributed by atoms with Crippen molar-refractivity contribution in [3.8, 4) is 11.5 Å². The van der Waals surface area contributed by atoms with E-state index in [4.69, 9.17) is 9.47 Å². The first kappa shape index (κ1) is 15.0. The second-order valence-electron chi connectivity index (χ2n) is 5.14. The lowest BCUT2D eigenvalue weighted by Crippen LogP contribution is -2.25. The summed E-state index contributed by atoms with van der Waals surface area (Å²) in [6.45, 7) is 0. The molecule has 0 bridgehead atoms. The minimum Gasteiger partial charge on any atom is -0.493 e. The fraction of sp³-hybridized carbons (Fsp3) is 0.167. The van der Waals surface area contributed by atoms with E-state index in [1.807, 2.05) is 0 Å². The monoisotopic (exact) mass is 310 g/mol. The average molecular weight is 310 g/mol. The third-order valence-corrected chi connectivity index (χ3v) is 3.90. The largest absolute Gasteiger partial charge is 0.493 e. The molecule has 0 heterocycles. The van der Waals surface area contributed by atoms with Gasteiger partial charge in [0.1, 0.15) is 5.92 Å². The zero-order valence-corrected chi connectivity index (χ0v) is 12.7. The van der Waals surface area contributed by atoms with Crippen LogP contribution in [0.2, 0.25) is 0 Å². The van der Waals surface area contributed by atoms with E-state index in [0.29, 0.717) is 17.1 Å². The van der Waals surface area contributed by atoms with Gasteiger partial charge in [-0.3, -0.25) is 14.4 Å². The highest BCUT2D eigenvalue weighted by atomic mass is 16.5. The van der Waals surface area contributed by atoms with Crippen LogP contribution in [0.1, 0.15) is 31.1 Å². The van der Waals surface area contributed by atoms with Crippen molar-refractivity contribution in [3.05, 3.63) is 59.2 Å². The smallest absolute Gasteiger partial charge is 0.182 e. The maximum absolute atomic E-state index is 12.6. The summed E-state index contributed by atoms with van der Waals surface area (Å²) in [5, 5.41) is 0. The SMILES string of the molecule is COc1cc2c(cc1OC)C(=O)C(C(=O)c1ccccc1)C2=O. The van der Waals surface area contributed by atoms with Crippen LogP contribution in [0.5, 0.6) is 11.5 Å². The second kappa shape index (κ2) is 5.68. The number of fused-ring (bicyclic) bond motifs is 1. The number of benzene rings is 2. The van der Waals surface area contributed by atoms with Crippen LogP contribution in [0.15, 0.2) is 42.5 Å². The Morgan fingerprint density at radius 2 is 1.35 bits per heavy atom. The molecule has 0 N–H and O–H groups in total. The Morgan fingerprint density at radius 3 is 1.78 bits per heavy atom. The summed E-state index contributed by atoms with van der Waals surface area (Å²) >= 11 is 0. The van der Waals surface area contributed by atoms with Crippen molar-refractivity contribution >= 4 is 17.3 Å². The van der Waals surface area contributed by atoms with Gasteiger partial charge < -0.3 is 9.47 Å². The number of hydrogen-bond acceptors (Lipinski definition) is 5. The molecule has 0 radical (unpaired) electrons. The van der Waals surface area contributed by atoms with Crippen LogP contribution in [0.4, 0.5) is 0 Å². The molecule has 0 spiro atoms. The predicted molar refractivity (Wildman–Crippen MR) is 82.5 cm³/mol. The fourth-order valence-corrected chi connectivity index (χ4v) is 2.72. The Kier molecular flexibility index (Phi) is 3.70. The fourth-order valence-electron chi connectivity index (χ4n) is 2.72. The van der Waals surface area contributed by atoms with Gasteiger partial charge in [-0.1, -0.05) is 30.3 Å². The first-order valence-electron chi connectivity index (χ1n) is 7.02. The van der Waals surface area contributed by atoms with Crippen LogP contribution in [0.3, 0.4) is 0 Å². The Bertz CT molecular complexity index is 765. The molecule has 5 nitrogen and oxygen atoms in total. The molecule has 0 saturated carbocycles.